The molecule has 134 valence electrons. The molecule has 0 heterocycles. The molecule has 4 nitrogen and oxygen atoms in total. The van der Waals surface area contributed by atoms with Gasteiger partial charge in [0.1, 0.15) is 0 Å². The van der Waals surface area contributed by atoms with Crippen LogP contribution in [0, 0.1) is 0 Å². The van der Waals surface area contributed by atoms with Gasteiger partial charge in [0.2, 0.25) is 0 Å². The van der Waals surface area contributed by atoms with E-state index in [2.05, 4.69) is 11.6 Å². The largest absolute Gasteiger partial charge is 0.760 e. The Morgan fingerprint density at radius 3 is 1.68 bits per heavy atom. The second-order valence-electron chi connectivity index (χ2n) is 5.98. The van der Waals surface area contributed by atoms with E-state index in [0.29, 0.717) is 13.2 Å². The molecule has 22 heavy (non-hydrogen) atoms. The van der Waals surface area contributed by atoms with Crippen LogP contribution in [0.1, 0.15) is 90.4 Å². The van der Waals surface area contributed by atoms with Crippen LogP contribution in [-0.4, -0.2) is 28.5 Å². The number of nitrogens with one attached hydrogen (secondary N) is 1. The fourth-order valence-corrected chi connectivity index (χ4v) is 2.77. The van der Waals surface area contributed by atoms with E-state index in [-0.39, 0.29) is 0 Å². The third kappa shape index (κ3) is 20.0. The maximum absolute atomic E-state index is 10.2. The Morgan fingerprint density at radius 2 is 1.23 bits per heavy atom. The summed E-state index contributed by atoms with van der Waals surface area (Å²) in [4.78, 5) is 0. The molecule has 0 fully saturated rings. The zero-order chi connectivity index (χ0) is 16.3. The zero-order valence-electron chi connectivity index (χ0n) is 14.4. The van der Waals surface area contributed by atoms with Crippen molar-refractivity contribution in [2.75, 3.05) is 19.8 Å². The number of ether oxygens (including phenoxy) is 1. The van der Waals surface area contributed by atoms with E-state index in [0.717, 1.165) is 13.0 Å². The molecule has 1 unspecified atom stereocenters. The minimum atomic E-state index is -2.16. The first-order valence-corrected chi connectivity index (χ1v) is 10.3. The van der Waals surface area contributed by atoms with Gasteiger partial charge < -0.3 is 9.29 Å². The van der Waals surface area contributed by atoms with Crippen LogP contribution in [-0.2, 0) is 16.0 Å². The summed E-state index contributed by atoms with van der Waals surface area (Å²) in [6.07, 6.45) is 17.5. The van der Waals surface area contributed by atoms with E-state index < -0.39 is 11.3 Å². The van der Waals surface area contributed by atoms with Crippen LogP contribution >= 0.6 is 0 Å². The molecule has 0 aromatic rings. The summed E-state index contributed by atoms with van der Waals surface area (Å²) >= 11 is -2.16. The van der Waals surface area contributed by atoms with Gasteiger partial charge >= 0.3 is 0 Å². The Hall–Kier alpha value is 0.0300. The summed E-state index contributed by atoms with van der Waals surface area (Å²) in [7, 11) is 0. The van der Waals surface area contributed by atoms with Crippen LogP contribution in [0.2, 0.25) is 0 Å². The first kappa shape index (κ1) is 22.0. The lowest BCUT2D eigenvalue weighted by atomic mass is 10.0. The number of unbranched alkanes of at least 4 members (excludes halogenated alkanes) is 12. The summed E-state index contributed by atoms with van der Waals surface area (Å²) in [5.74, 6) is 0. The standard InChI is InChI=1S/C17H37NO3S/c1-2-3-4-5-6-7-8-9-10-11-12-13-14-16-21-17-15-18-22(19)20/h18H,2-17H2,1H3,(H,19,20)/p-1. The molecule has 5 heteroatoms. The SMILES string of the molecule is CCCCCCCCCCCCCCCOCCNS(=O)[O-]. The van der Waals surface area contributed by atoms with E-state index in [4.69, 9.17) is 4.74 Å². The Bertz CT molecular complexity index is 240. The average Bonchev–Trinajstić information content (AvgIpc) is 2.50. The van der Waals surface area contributed by atoms with Gasteiger partial charge in [0.15, 0.2) is 0 Å². The third-order valence-electron chi connectivity index (χ3n) is 3.86. The summed E-state index contributed by atoms with van der Waals surface area (Å²) in [6, 6.07) is 0. The van der Waals surface area contributed by atoms with Crippen LogP contribution < -0.4 is 4.72 Å². The summed E-state index contributed by atoms with van der Waals surface area (Å²) in [5.41, 5.74) is 0. The Morgan fingerprint density at radius 1 is 0.773 bits per heavy atom. The number of rotatable bonds is 18. The van der Waals surface area contributed by atoms with Gasteiger partial charge in [0, 0.05) is 24.4 Å². The van der Waals surface area contributed by atoms with Crippen LogP contribution in [0.15, 0.2) is 0 Å². The maximum atomic E-state index is 10.2. The molecule has 0 bridgehead atoms. The van der Waals surface area contributed by atoms with Crippen molar-refractivity contribution in [3.8, 4) is 0 Å². The number of hydrogen-bond acceptors (Lipinski definition) is 3. The smallest absolute Gasteiger partial charge is 0.0600 e. The lowest BCUT2D eigenvalue weighted by molar-refractivity contribution is 0.134. The van der Waals surface area contributed by atoms with E-state index in [1.165, 1.54) is 77.0 Å². The molecule has 0 saturated heterocycles. The van der Waals surface area contributed by atoms with E-state index >= 15 is 0 Å². The third-order valence-corrected chi connectivity index (χ3v) is 4.30. The molecule has 0 aromatic heterocycles. The van der Waals surface area contributed by atoms with Crippen molar-refractivity contribution in [3.63, 3.8) is 0 Å². The van der Waals surface area contributed by atoms with Crippen LogP contribution in [0.5, 0.6) is 0 Å². The van der Waals surface area contributed by atoms with Crippen molar-refractivity contribution in [1.82, 2.24) is 4.72 Å². The maximum Gasteiger partial charge on any atom is 0.0600 e. The minimum Gasteiger partial charge on any atom is -0.760 e. The topological polar surface area (TPSA) is 61.4 Å². The molecule has 0 rings (SSSR count). The van der Waals surface area contributed by atoms with Crippen molar-refractivity contribution in [2.45, 2.75) is 90.4 Å². The van der Waals surface area contributed by atoms with Crippen molar-refractivity contribution in [3.05, 3.63) is 0 Å². The molecular formula is C17H36NO3S-. The van der Waals surface area contributed by atoms with E-state index in [1.54, 1.807) is 0 Å². The summed E-state index contributed by atoms with van der Waals surface area (Å²) in [5, 5.41) is 0. The molecule has 0 aliphatic carbocycles. The molecule has 0 aromatic carbocycles. The van der Waals surface area contributed by atoms with Crippen molar-refractivity contribution in [2.24, 2.45) is 0 Å². The Labute approximate surface area is 140 Å². The minimum absolute atomic E-state index is 0.370. The predicted molar refractivity (Wildman–Crippen MR) is 93.4 cm³/mol. The highest BCUT2D eigenvalue weighted by Gasteiger charge is 1.94. The second kappa shape index (κ2) is 19.1. The van der Waals surface area contributed by atoms with Crippen molar-refractivity contribution in [1.29, 1.82) is 0 Å². The normalized spacial score (nSPS) is 12.6. The molecule has 0 aliphatic rings. The number of hydrogen-bond donors (Lipinski definition) is 1. The monoisotopic (exact) mass is 334 g/mol. The van der Waals surface area contributed by atoms with Crippen LogP contribution in [0.3, 0.4) is 0 Å². The molecule has 0 radical (unpaired) electrons. The van der Waals surface area contributed by atoms with Gasteiger partial charge in [-0.15, -0.1) is 0 Å². The van der Waals surface area contributed by atoms with Gasteiger partial charge in [-0.05, 0) is 6.42 Å². The highest BCUT2D eigenvalue weighted by atomic mass is 32.2. The van der Waals surface area contributed by atoms with Gasteiger partial charge in [-0.1, -0.05) is 84.0 Å². The fraction of sp³-hybridized carbons (Fsp3) is 1.00. The van der Waals surface area contributed by atoms with Crippen LogP contribution in [0.4, 0.5) is 0 Å². The lowest BCUT2D eigenvalue weighted by Gasteiger charge is -2.07. The summed E-state index contributed by atoms with van der Waals surface area (Å²) < 4.78 is 28.0. The highest BCUT2D eigenvalue weighted by molar-refractivity contribution is 7.77. The Kier molecular flexibility index (Phi) is 19.1. The first-order chi connectivity index (χ1) is 10.8. The average molecular weight is 335 g/mol. The fourth-order valence-electron chi connectivity index (χ4n) is 2.52. The lowest BCUT2D eigenvalue weighted by Crippen LogP contribution is -2.21. The quantitative estimate of drug-likeness (QED) is 0.297. The van der Waals surface area contributed by atoms with E-state index in [1.807, 2.05) is 0 Å². The predicted octanol–water partition coefficient (Wildman–Crippen LogP) is 4.48. The highest BCUT2D eigenvalue weighted by Crippen LogP contribution is 2.12. The molecule has 1 N–H and O–H groups in total. The van der Waals surface area contributed by atoms with Gasteiger partial charge in [0.05, 0.1) is 6.61 Å². The zero-order valence-corrected chi connectivity index (χ0v) is 15.3. The Balaban J connectivity index is 2.95. The first-order valence-electron chi connectivity index (χ1n) is 9.18. The molecule has 0 spiro atoms. The van der Waals surface area contributed by atoms with Crippen molar-refractivity contribution < 1.29 is 13.5 Å². The molecule has 0 amide bonds. The molecule has 0 aliphatic heterocycles. The van der Waals surface area contributed by atoms with Crippen LogP contribution in [0.25, 0.3) is 0 Å². The van der Waals surface area contributed by atoms with E-state index in [9.17, 15) is 8.76 Å². The molecular weight excluding hydrogens is 298 g/mol. The van der Waals surface area contributed by atoms with Gasteiger partial charge in [-0.3, -0.25) is 4.21 Å². The van der Waals surface area contributed by atoms with Gasteiger partial charge in [-0.2, -0.15) is 0 Å². The molecule has 1 atom stereocenters. The molecule has 0 saturated carbocycles. The van der Waals surface area contributed by atoms with Gasteiger partial charge in [0.25, 0.3) is 0 Å². The summed E-state index contributed by atoms with van der Waals surface area (Å²) in [6.45, 7) is 3.84. The second-order valence-corrected chi connectivity index (χ2v) is 6.74. The van der Waals surface area contributed by atoms with Gasteiger partial charge in [-0.25, -0.2) is 4.72 Å². The van der Waals surface area contributed by atoms with Crippen molar-refractivity contribution >= 4 is 11.3 Å².